The highest BCUT2D eigenvalue weighted by atomic mass is 15.2. The Morgan fingerprint density at radius 3 is 2.22 bits per heavy atom. The lowest BCUT2D eigenvalue weighted by Crippen LogP contribution is -2.56. The molecule has 0 bridgehead atoms. The summed E-state index contributed by atoms with van der Waals surface area (Å²) >= 11 is 0. The summed E-state index contributed by atoms with van der Waals surface area (Å²) in [7, 11) is 0. The van der Waals surface area contributed by atoms with E-state index in [0.29, 0.717) is 0 Å². The predicted octanol–water partition coefficient (Wildman–Crippen LogP) is 3.28. The highest BCUT2D eigenvalue weighted by Crippen LogP contribution is 2.45. The van der Waals surface area contributed by atoms with Crippen molar-refractivity contribution >= 4 is 0 Å². The van der Waals surface area contributed by atoms with E-state index in [2.05, 4.69) is 29.2 Å². The molecule has 1 heteroatoms. The van der Waals surface area contributed by atoms with Crippen molar-refractivity contribution in [2.45, 2.75) is 38.5 Å². The average Bonchev–Trinajstić information content (AvgIpc) is 2.93. The van der Waals surface area contributed by atoms with Gasteiger partial charge in [-0.15, -0.1) is 0 Å². The summed E-state index contributed by atoms with van der Waals surface area (Å²) in [5.74, 6) is 0.890. The fourth-order valence-electron chi connectivity index (χ4n) is 4.62. The Balaban J connectivity index is 1.33. The molecule has 3 aliphatic rings. The number of benzene rings is 1. The first-order valence-corrected chi connectivity index (χ1v) is 7.62. The Bertz CT molecular complexity index is 412. The minimum Gasteiger partial charge on any atom is -0.302 e. The van der Waals surface area contributed by atoms with Crippen LogP contribution in [-0.2, 0) is 12.8 Å². The molecule has 0 unspecified atom stereocenters. The van der Waals surface area contributed by atoms with Gasteiger partial charge in [0.25, 0.3) is 0 Å². The normalized spacial score (nSPS) is 26.4. The molecule has 1 saturated heterocycles. The molecule has 1 nitrogen and oxygen atoms in total. The minimum atomic E-state index is 0.769. The second-order valence-corrected chi connectivity index (χ2v) is 6.92. The number of likely N-dealkylation sites (tertiary alicyclic amines) is 1. The van der Waals surface area contributed by atoms with Crippen LogP contribution in [0.3, 0.4) is 0 Å². The number of fused-ring (bicyclic) bond motifs is 1. The van der Waals surface area contributed by atoms with E-state index in [4.69, 9.17) is 0 Å². The summed E-state index contributed by atoms with van der Waals surface area (Å²) in [6.45, 7) is 4.15. The van der Waals surface area contributed by atoms with Crippen molar-refractivity contribution in [2.24, 2.45) is 11.3 Å². The Labute approximate surface area is 110 Å². The summed E-state index contributed by atoms with van der Waals surface area (Å²) in [6, 6.07) is 9.03. The van der Waals surface area contributed by atoms with E-state index in [-0.39, 0.29) is 0 Å². The standard InChI is InChI=1S/C17H23N/c1-2-6-16-10-14(9-15(16)5-1)11-18-12-17(13-18)7-3-4-8-17/h1-2,5-6,14H,3-4,7-13H2. The van der Waals surface area contributed by atoms with Gasteiger partial charge in [-0.3, -0.25) is 0 Å². The molecule has 1 heterocycles. The quantitative estimate of drug-likeness (QED) is 0.768. The van der Waals surface area contributed by atoms with Gasteiger partial charge in [0.1, 0.15) is 0 Å². The van der Waals surface area contributed by atoms with Crippen molar-refractivity contribution in [1.29, 1.82) is 0 Å². The molecule has 1 spiro atoms. The first-order valence-electron chi connectivity index (χ1n) is 7.62. The number of hydrogen-bond donors (Lipinski definition) is 0. The predicted molar refractivity (Wildman–Crippen MR) is 74.7 cm³/mol. The van der Waals surface area contributed by atoms with E-state index < -0.39 is 0 Å². The smallest absolute Gasteiger partial charge is 0.00506 e. The third-order valence-electron chi connectivity index (χ3n) is 5.43. The van der Waals surface area contributed by atoms with Crippen LogP contribution >= 0.6 is 0 Å². The largest absolute Gasteiger partial charge is 0.302 e. The monoisotopic (exact) mass is 241 g/mol. The maximum absolute atomic E-state index is 2.72. The van der Waals surface area contributed by atoms with Crippen molar-refractivity contribution in [2.75, 3.05) is 19.6 Å². The summed E-state index contributed by atoms with van der Waals surface area (Å²) < 4.78 is 0. The first kappa shape index (κ1) is 11.0. The molecule has 2 fully saturated rings. The van der Waals surface area contributed by atoms with Gasteiger partial charge in [-0.2, -0.15) is 0 Å². The number of hydrogen-bond acceptors (Lipinski definition) is 1. The molecule has 0 atom stereocenters. The van der Waals surface area contributed by atoms with E-state index in [0.717, 1.165) is 11.3 Å². The van der Waals surface area contributed by atoms with E-state index in [1.165, 1.54) is 58.2 Å². The third kappa shape index (κ3) is 1.80. The van der Waals surface area contributed by atoms with Crippen molar-refractivity contribution in [3.63, 3.8) is 0 Å². The van der Waals surface area contributed by atoms with E-state index in [1.54, 1.807) is 11.1 Å². The fourth-order valence-corrected chi connectivity index (χ4v) is 4.62. The Hall–Kier alpha value is -0.820. The highest BCUT2D eigenvalue weighted by Gasteiger charge is 2.44. The lowest BCUT2D eigenvalue weighted by atomic mass is 9.78. The first-order chi connectivity index (χ1) is 8.83. The summed E-state index contributed by atoms with van der Waals surface area (Å²) in [5, 5.41) is 0. The van der Waals surface area contributed by atoms with Gasteiger partial charge >= 0.3 is 0 Å². The Morgan fingerprint density at radius 1 is 1.00 bits per heavy atom. The zero-order valence-electron chi connectivity index (χ0n) is 11.2. The van der Waals surface area contributed by atoms with E-state index >= 15 is 0 Å². The topological polar surface area (TPSA) is 3.24 Å². The molecule has 1 aromatic rings. The second kappa shape index (κ2) is 4.09. The zero-order chi connectivity index (χ0) is 12.0. The molecule has 18 heavy (non-hydrogen) atoms. The molecule has 96 valence electrons. The number of nitrogens with zero attached hydrogens (tertiary/aromatic N) is 1. The van der Waals surface area contributed by atoms with Crippen LogP contribution in [0.25, 0.3) is 0 Å². The van der Waals surface area contributed by atoms with Crippen LogP contribution < -0.4 is 0 Å². The summed E-state index contributed by atoms with van der Waals surface area (Å²) in [4.78, 5) is 2.72. The van der Waals surface area contributed by atoms with Crippen LogP contribution in [0.5, 0.6) is 0 Å². The van der Waals surface area contributed by atoms with Crippen molar-refractivity contribution in [3.05, 3.63) is 35.4 Å². The Kier molecular flexibility index (Phi) is 2.51. The van der Waals surface area contributed by atoms with E-state index in [9.17, 15) is 0 Å². The molecular formula is C17H23N. The Morgan fingerprint density at radius 2 is 1.61 bits per heavy atom. The molecule has 0 amide bonds. The SMILES string of the molecule is c1ccc2c(c1)CC(CN1CC3(CCCC3)C1)C2. The van der Waals surface area contributed by atoms with Crippen molar-refractivity contribution in [3.8, 4) is 0 Å². The van der Waals surface area contributed by atoms with Gasteiger partial charge in [-0.1, -0.05) is 37.1 Å². The van der Waals surface area contributed by atoms with Gasteiger partial charge in [0, 0.05) is 19.6 Å². The van der Waals surface area contributed by atoms with Crippen LogP contribution in [-0.4, -0.2) is 24.5 Å². The molecular weight excluding hydrogens is 218 g/mol. The third-order valence-corrected chi connectivity index (χ3v) is 5.43. The highest BCUT2D eigenvalue weighted by molar-refractivity contribution is 5.32. The van der Waals surface area contributed by atoms with Crippen LogP contribution in [0.4, 0.5) is 0 Å². The summed E-state index contributed by atoms with van der Waals surface area (Å²) in [6.07, 6.45) is 8.63. The van der Waals surface area contributed by atoms with Crippen LogP contribution in [0.1, 0.15) is 36.8 Å². The van der Waals surface area contributed by atoms with Crippen LogP contribution in [0.15, 0.2) is 24.3 Å². The molecule has 1 aromatic carbocycles. The van der Waals surface area contributed by atoms with Gasteiger partial charge < -0.3 is 4.90 Å². The second-order valence-electron chi connectivity index (χ2n) is 6.92. The molecule has 0 aromatic heterocycles. The van der Waals surface area contributed by atoms with Crippen molar-refractivity contribution in [1.82, 2.24) is 4.90 Å². The summed E-state index contributed by atoms with van der Waals surface area (Å²) in [5.41, 5.74) is 3.99. The molecule has 0 radical (unpaired) electrons. The van der Waals surface area contributed by atoms with Gasteiger partial charge in [-0.25, -0.2) is 0 Å². The molecule has 1 saturated carbocycles. The molecule has 1 aliphatic heterocycles. The van der Waals surface area contributed by atoms with Crippen LogP contribution in [0.2, 0.25) is 0 Å². The molecule has 4 rings (SSSR count). The van der Waals surface area contributed by atoms with E-state index in [1.807, 2.05) is 0 Å². The van der Waals surface area contributed by atoms with Gasteiger partial charge in [0.2, 0.25) is 0 Å². The van der Waals surface area contributed by atoms with Gasteiger partial charge in [0.05, 0.1) is 0 Å². The minimum absolute atomic E-state index is 0.769. The maximum Gasteiger partial charge on any atom is 0.00506 e. The van der Waals surface area contributed by atoms with Crippen molar-refractivity contribution < 1.29 is 0 Å². The van der Waals surface area contributed by atoms with Crippen LogP contribution in [0, 0.1) is 11.3 Å². The maximum atomic E-state index is 2.72. The lowest BCUT2D eigenvalue weighted by molar-refractivity contribution is -0.00392. The van der Waals surface area contributed by atoms with Gasteiger partial charge in [-0.05, 0) is 48.1 Å². The average molecular weight is 241 g/mol. The molecule has 0 N–H and O–H groups in total. The lowest BCUT2D eigenvalue weighted by Gasteiger charge is -2.49. The molecule has 2 aliphatic carbocycles. The van der Waals surface area contributed by atoms with Gasteiger partial charge in [0.15, 0.2) is 0 Å². The number of rotatable bonds is 2. The fraction of sp³-hybridized carbons (Fsp3) is 0.647. The zero-order valence-corrected chi connectivity index (χ0v) is 11.2.